The van der Waals surface area contributed by atoms with E-state index in [4.69, 9.17) is 5.73 Å². The van der Waals surface area contributed by atoms with E-state index in [0.29, 0.717) is 17.7 Å². The van der Waals surface area contributed by atoms with Crippen LogP contribution in [0.5, 0.6) is 5.75 Å². The highest BCUT2D eigenvalue weighted by atomic mass is 16.3. The number of aromatic hydroxyl groups is 1. The highest BCUT2D eigenvalue weighted by molar-refractivity contribution is 6.25. The number of Topliss-reactive ketones (excluding diaryl/α,β-unsaturated/α-hetero) is 2. The second kappa shape index (κ2) is 9.73. The molecule has 3 aliphatic carbocycles. The van der Waals surface area contributed by atoms with E-state index in [1.165, 1.54) is 0 Å². The van der Waals surface area contributed by atoms with Crippen molar-refractivity contribution < 1.29 is 34.8 Å². The molecule has 2 saturated carbocycles. The Kier molecular flexibility index (Phi) is 7.08. The SMILES string of the molecule is CCCC#Cc1cc(N(C)C)c2c(c1O)C(O)=C1C(=O)[C@]3(O)C(=O)C(C(N)=O)C(O)[C@@H](N(C)C)[C@@H]3C[C@@H]1C2. The van der Waals surface area contributed by atoms with Crippen molar-refractivity contribution in [2.75, 3.05) is 33.1 Å². The number of rotatable bonds is 4. The van der Waals surface area contributed by atoms with Gasteiger partial charge in [-0.25, -0.2) is 0 Å². The van der Waals surface area contributed by atoms with E-state index in [1.54, 1.807) is 25.1 Å². The van der Waals surface area contributed by atoms with Gasteiger partial charge in [-0.3, -0.25) is 14.4 Å². The van der Waals surface area contributed by atoms with E-state index in [9.17, 15) is 34.8 Å². The van der Waals surface area contributed by atoms with Crippen LogP contribution in [0.4, 0.5) is 5.69 Å². The second-order valence-electron chi connectivity index (χ2n) is 10.9. The Morgan fingerprint density at radius 1 is 1.21 bits per heavy atom. The molecule has 0 aromatic heterocycles. The summed E-state index contributed by atoms with van der Waals surface area (Å²) in [6, 6.07) is 0.812. The number of hydrogen-bond acceptors (Lipinski definition) is 9. The summed E-state index contributed by atoms with van der Waals surface area (Å²) >= 11 is 0. The third kappa shape index (κ3) is 3.88. The van der Waals surface area contributed by atoms with Gasteiger partial charge in [-0.05, 0) is 50.9 Å². The average Bonchev–Trinajstić information content (AvgIpc) is 2.82. The zero-order chi connectivity index (χ0) is 28.3. The molecule has 204 valence electrons. The maximum Gasteiger partial charge on any atom is 0.230 e. The zero-order valence-corrected chi connectivity index (χ0v) is 22.3. The first-order valence-corrected chi connectivity index (χ1v) is 12.7. The normalized spacial score (nSPS) is 30.3. The largest absolute Gasteiger partial charge is 0.507 e. The van der Waals surface area contributed by atoms with Crippen molar-refractivity contribution in [2.24, 2.45) is 23.5 Å². The Morgan fingerprint density at radius 2 is 1.87 bits per heavy atom. The predicted octanol–water partition coefficient (Wildman–Crippen LogP) is 0.347. The van der Waals surface area contributed by atoms with Gasteiger partial charge in [0.15, 0.2) is 11.4 Å². The fourth-order valence-electron chi connectivity index (χ4n) is 6.43. The number of nitrogens with zero attached hydrogens (tertiary/aromatic N) is 2. The molecule has 0 heterocycles. The first-order valence-electron chi connectivity index (χ1n) is 12.7. The summed E-state index contributed by atoms with van der Waals surface area (Å²) in [7, 11) is 6.88. The summed E-state index contributed by atoms with van der Waals surface area (Å²) in [5.41, 5.74) is 4.19. The molecule has 2 fully saturated rings. The average molecular weight is 526 g/mol. The van der Waals surface area contributed by atoms with E-state index in [2.05, 4.69) is 11.8 Å². The van der Waals surface area contributed by atoms with Crippen LogP contribution in [0.25, 0.3) is 5.76 Å². The molecule has 0 radical (unpaired) electrons. The smallest absolute Gasteiger partial charge is 0.230 e. The summed E-state index contributed by atoms with van der Waals surface area (Å²) in [5.74, 6) is -1.71. The number of unbranched alkanes of at least 4 members (excludes halogenated alkanes) is 1. The minimum Gasteiger partial charge on any atom is -0.507 e. The summed E-state index contributed by atoms with van der Waals surface area (Å²) < 4.78 is 0. The number of carbonyl (C=O) groups excluding carboxylic acids is 3. The lowest BCUT2D eigenvalue weighted by Gasteiger charge is -2.53. The molecule has 0 bridgehead atoms. The van der Waals surface area contributed by atoms with Crippen molar-refractivity contribution in [3.8, 4) is 17.6 Å². The molecular formula is C28H35N3O7. The Bertz CT molecular complexity index is 1310. The maximum atomic E-state index is 14.0. The van der Waals surface area contributed by atoms with Gasteiger partial charge in [-0.15, -0.1) is 0 Å². The van der Waals surface area contributed by atoms with Gasteiger partial charge in [0.1, 0.15) is 17.4 Å². The van der Waals surface area contributed by atoms with Crippen molar-refractivity contribution in [1.82, 2.24) is 4.90 Å². The van der Waals surface area contributed by atoms with Crippen LogP contribution in [0.1, 0.15) is 42.9 Å². The predicted molar refractivity (Wildman–Crippen MR) is 140 cm³/mol. The Morgan fingerprint density at radius 3 is 2.42 bits per heavy atom. The van der Waals surface area contributed by atoms with Crippen LogP contribution in [0.15, 0.2) is 11.6 Å². The van der Waals surface area contributed by atoms with Crippen LogP contribution in [-0.4, -0.2) is 88.7 Å². The van der Waals surface area contributed by atoms with Crippen LogP contribution in [-0.2, 0) is 20.8 Å². The van der Waals surface area contributed by atoms with Crippen molar-refractivity contribution in [2.45, 2.75) is 50.4 Å². The Labute approximate surface area is 221 Å². The van der Waals surface area contributed by atoms with Crippen molar-refractivity contribution in [3.05, 3.63) is 28.3 Å². The third-order valence-electron chi connectivity index (χ3n) is 8.14. The molecule has 0 spiro atoms. The molecule has 3 aliphatic rings. The number of phenolic OH excluding ortho intramolecular Hbond substituents is 1. The van der Waals surface area contributed by atoms with Crippen LogP contribution in [0, 0.1) is 29.6 Å². The van der Waals surface area contributed by atoms with Gasteiger partial charge in [0.25, 0.3) is 0 Å². The quantitative estimate of drug-likeness (QED) is 0.275. The summed E-state index contributed by atoms with van der Waals surface area (Å²) in [6.07, 6.45) is 0.226. The van der Waals surface area contributed by atoms with Crippen molar-refractivity contribution in [3.63, 3.8) is 0 Å². The molecule has 10 heteroatoms. The number of anilines is 1. The number of primary amides is 1. The Hall–Kier alpha value is -3.39. The fraction of sp³-hybridized carbons (Fsp3) is 0.536. The Balaban J connectivity index is 1.95. The molecule has 4 rings (SSSR count). The number of amides is 1. The molecule has 6 atom stereocenters. The molecule has 1 amide bonds. The summed E-state index contributed by atoms with van der Waals surface area (Å²) in [6.45, 7) is 1.98. The van der Waals surface area contributed by atoms with Gasteiger partial charge < -0.3 is 36.0 Å². The molecule has 1 aromatic rings. The van der Waals surface area contributed by atoms with Gasteiger partial charge in [-0.2, -0.15) is 0 Å². The molecule has 10 nitrogen and oxygen atoms in total. The van der Waals surface area contributed by atoms with Gasteiger partial charge in [0.05, 0.1) is 17.2 Å². The number of aliphatic hydroxyl groups is 3. The van der Waals surface area contributed by atoms with Gasteiger partial charge in [0, 0.05) is 43.7 Å². The maximum absolute atomic E-state index is 14.0. The number of benzene rings is 1. The molecular weight excluding hydrogens is 490 g/mol. The fourth-order valence-corrected chi connectivity index (χ4v) is 6.43. The lowest BCUT2D eigenvalue weighted by molar-refractivity contribution is -0.184. The summed E-state index contributed by atoms with van der Waals surface area (Å²) in [5, 5.41) is 45.3. The third-order valence-corrected chi connectivity index (χ3v) is 8.14. The number of hydrogen-bond donors (Lipinski definition) is 5. The number of nitrogens with two attached hydrogens (primary N) is 1. The first-order chi connectivity index (χ1) is 17.8. The van der Waals surface area contributed by atoms with Crippen molar-refractivity contribution in [1.29, 1.82) is 0 Å². The molecule has 38 heavy (non-hydrogen) atoms. The van der Waals surface area contributed by atoms with Crippen LogP contribution < -0.4 is 10.6 Å². The van der Waals surface area contributed by atoms with Gasteiger partial charge >= 0.3 is 0 Å². The number of likely N-dealkylation sites (N-methyl/N-ethyl adjacent to an activating group) is 1. The number of ketones is 2. The molecule has 0 saturated heterocycles. The topological polar surface area (TPSA) is 165 Å². The van der Waals surface area contributed by atoms with E-state index in [0.717, 1.165) is 6.42 Å². The van der Waals surface area contributed by atoms with Crippen LogP contribution in [0.3, 0.4) is 0 Å². The van der Waals surface area contributed by atoms with E-state index in [1.807, 2.05) is 25.9 Å². The second-order valence-corrected chi connectivity index (χ2v) is 10.9. The van der Waals surface area contributed by atoms with Crippen LogP contribution in [0.2, 0.25) is 0 Å². The monoisotopic (exact) mass is 525 g/mol. The number of aliphatic hydroxyl groups excluding tert-OH is 2. The molecule has 2 unspecified atom stereocenters. The minimum atomic E-state index is -2.68. The standard InChI is InChI=1S/C28H35N3O7/c1-6-7-8-9-13-12-17(30(2)3)15-10-14-11-16-21(31(4)5)24(34)20(27(29)37)26(36)28(16,38)25(35)18(14)23(33)19(15)22(13)32/h12,14,16,20-21,24,32-34,38H,6-7,10-11H2,1-5H3,(H2,29,37)/t14-,16-,20?,21-,24?,28-/m0/s1. The first kappa shape index (κ1) is 27.6. The van der Waals surface area contributed by atoms with E-state index < -0.39 is 58.7 Å². The lowest BCUT2D eigenvalue weighted by atomic mass is 9.54. The lowest BCUT2D eigenvalue weighted by Crippen LogP contribution is -2.73. The highest BCUT2D eigenvalue weighted by Crippen LogP contribution is 2.53. The van der Waals surface area contributed by atoms with Gasteiger partial charge in [-0.1, -0.05) is 18.8 Å². The van der Waals surface area contributed by atoms with Gasteiger partial charge in [0.2, 0.25) is 11.7 Å². The van der Waals surface area contributed by atoms with E-state index >= 15 is 0 Å². The number of fused-ring (bicyclic) bond motifs is 3. The molecule has 1 aromatic carbocycles. The number of phenols is 1. The minimum absolute atomic E-state index is 0.0394. The summed E-state index contributed by atoms with van der Waals surface area (Å²) in [4.78, 5) is 42.9. The molecule has 6 N–H and O–H groups in total. The van der Waals surface area contributed by atoms with E-state index in [-0.39, 0.29) is 35.3 Å². The van der Waals surface area contributed by atoms with Crippen molar-refractivity contribution >= 4 is 28.9 Å². The molecule has 0 aliphatic heterocycles. The zero-order valence-electron chi connectivity index (χ0n) is 22.3. The number of carbonyl (C=O) groups is 3. The highest BCUT2D eigenvalue weighted by Gasteiger charge is 2.67. The van der Waals surface area contributed by atoms with Crippen LogP contribution >= 0.6 is 0 Å².